The van der Waals surface area contributed by atoms with Gasteiger partial charge in [-0.2, -0.15) is 13.2 Å². The summed E-state index contributed by atoms with van der Waals surface area (Å²) in [5.41, 5.74) is 0.502. The smallest absolute Gasteiger partial charge is 0.416 e. The van der Waals surface area contributed by atoms with E-state index < -0.39 is 11.7 Å². The van der Waals surface area contributed by atoms with E-state index in [0.717, 1.165) is 6.07 Å². The Labute approximate surface area is 168 Å². The summed E-state index contributed by atoms with van der Waals surface area (Å²) in [7, 11) is 1.54. The molecule has 0 radical (unpaired) electrons. The van der Waals surface area contributed by atoms with Gasteiger partial charge < -0.3 is 15.0 Å². The van der Waals surface area contributed by atoms with Gasteiger partial charge in [0, 0.05) is 31.9 Å². The second kappa shape index (κ2) is 8.73. The third kappa shape index (κ3) is 5.00. The first-order valence-electron chi connectivity index (χ1n) is 9.39. The Kier molecular flexibility index (Phi) is 6.32. The summed E-state index contributed by atoms with van der Waals surface area (Å²) in [6.45, 7) is 4.08. The van der Waals surface area contributed by atoms with E-state index in [-0.39, 0.29) is 11.9 Å². The molecule has 5 nitrogen and oxygen atoms in total. The quantitative estimate of drug-likeness (QED) is 0.818. The van der Waals surface area contributed by atoms with Crippen LogP contribution in [-0.4, -0.2) is 50.1 Å². The van der Waals surface area contributed by atoms with Gasteiger partial charge in [0.25, 0.3) is 0 Å². The lowest BCUT2D eigenvalue weighted by Gasteiger charge is -2.38. The number of halogens is 3. The molecule has 156 valence electrons. The van der Waals surface area contributed by atoms with E-state index >= 15 is 0 Å². The molecule has 1 saturated heterocycles. The zero-order valence-corrected chi connectivity index (χ0v) is 16.4. The van der Waals surface area contributed by atoms with E-state index in [1.807, 2.05) is 28.9 Å². The van der Waals surface area contributed by atoms with Gasteiger partial charge in [-0.15, -0.1) is 0 Å². The summed E-state index contributed by atoms with van der Waals surface area (Å²) in [6.07, 6.45) is -4.36. The number of piperazine rings is 1. The number of carbonyl (C=O) groups is 1. The van der Waals surface area contributed by atoms with Gasteiger partial charge in [-0.3, -0.25) is 9.69 Å². The van der Waals surface area contributed by atoms with Crippen molar-refractivity contribution in [2.75, 3.05) is 43.5 Å². The van der Waals surface area contributed by atoms with Crippen LogP contribution < -0.4 is 15.0 Å². The standard InChI is InChI=1S/C21H24F3N3O2/c1-15(20(28)25-18-8-3-4-9-19(18)29-2)26-10-12-27(13-11-26)17-7-5-6-16(14-17)21(22,23)24/h3-9,14-15H,10-13H2,1-2H3,(H,25,28). The molecule has 1 atom stereocenters. The molecule has 0 saturated carbocycles. The van der Waals surface area contributed by atoms with Crippen LogP contribution in [0.5, 0.6) is 5.75 Å². The molecule has 1 fully saturated rings. The number of hydrogen-bond donors (Lipinski definition) is 1. The van der Waals surface area contributed by atoms with Crippen molar-refractivity contribution < 1.29 is 22.7 Å². The second-order valence-electron chi connectivity index (χ2n) is 6.94. The summed E-state index contributed by atoms with van der Waals surface area (Å²) < 4.78 is 44.1. The Morgan fingerprint density at radius 2 is 1.76 bits per heavy atom. The van der Waals surface area contributed by atoms with Crippen molar-refractivity contribution in [1.29, 1.82) is 0 Å². The normalized spacial score (nSPS) is 16.4. The molecule has 1 N–H and O–H groups in total. The molecule has 29 heavy (non-hydrogen) atoms. The number of ether oxygens (including phenoxy) is 1. The lowest BCUT2D eigenvalue weighted by Crippen LogP contribution is -2.52. The minimum Gasteiger partial charge on any atom is -0.495 e. The van der Waals surface area contributed by atoms with Gasteiger partial charge in [-0.05, 0) is 37.3 Å². The van der Waals surface area contributed by atoms with Crippen LogP contribution in [0.25, 0.3) is 0 Å². The van der Waals surface area contributed by atoms with Crippen molar-refractivity contribution in [2.24, 2.45) is 0 Å². The molecule has 8 heteroatoms. The molecule has 1 aliphatic rings. The fourth-order valence-electron chi connectivity index (χ4n) is 3.40. The predicted molar refractivity (Wildman–Crippen MR) is 106 cm³/mol. The lowest BCUT2D eigenvalue weighted by atomic mass is 10.1. The SMILES string of the molecule is COc1ccccc1NC(=O)C(C)N1CCN(c2cccc(C(F)(F)F)c2)CC1. The van der Waals surface area contributed by atoms with E-state index in [4.69, 9.17) is 4.74 Å². The van der Waals surface area contributed by atoms with Crippen LogP contribution in [0.2, 0.25) is 0 Å². The van der Waals surface area contributed by atoms with Crippen molar-refractivity contribution in [1.82, 2.24) is 4.90 Å². The van der Waals surface area contributed by atoms with Crippen LogP contribution >= 0.6 is 0 Å². The van der Waals surface area contributed by atoms with Crippen molar-refractivity contribution in [3.8, 4) is 5.75 Å². The summed E-state index contributed by atoms with van der Waals surface area (Å²) in [5, 5.41) is 2.88. The van der Waals surface area contributed by atoms with Crippen molar-refractivity contribution in [3.63, 3.8) is 0 Å². The first kappa shape index (κ1) is 21.0. The zero-order valence-electron chi connectivity index (χ0n) is 16.4. The van der Waals surface area contributed by atoms with Gasteiger partial charge in [-0.1, -0.05) is 18.2 Å². The predicted octanol–water partition coefficient (Wildman–Crippen LogP) is 3.86. The highest BCUT2D eigenvalue weighted by atomic mass is 19.4. The minimum absolute atomic E-state index is 0.151. The number of benzene rings is 2. The molecule has 1 heterocycles. The molecule has 0 bridgehead atoms. The Morgan fingerprint density at radius 3 is 2.41 bits per heavy atom. The Bertz CT molecular complexity index is 849. The maximum atomic E-state index is 12.9. The van der Waals surface area contributed by atoms with Crippen molar-refractivity contribution in [2.45, 2.75) is 19.1 Å². The highest BCUT2D eigenvalue weighted by Crippen LogP contribution is 2.32. The fraction of sp³-hybridized carbons (Fsp3) is 0.381. The monoisotopic (exact) mass is 407 g/mol. The molecule has 2 aromatic carbocycles. The van der Waals surface area contributed by atoms with Crippen LogP contribution in [0.1, 0.15) is 12.5 Å². The first-order chi connectivity index (χ1) is 13.8. The number of hydrogen-bond acceptors (Lipinski definition) is 4. The summed E-state index contributed by atoms with van der Waals surface area (Å²) in [6, 6.07) is 12.2. The van der Waals surface area contributed by atoms with Crippen LogP contribution in [0.3, 0.4) is 0 Å². The summed E-state index contributed by atoms with van der Waals surface area (Å²) >= 11 is 0. The van der Waals surface area contributed by atoms with Gasteiger partial charge in [0.1, 0.15) is 5.75 Å². The molecule has 2 aromatic rings. The molecular formula is C21H24F3N3O2. The maximum absolute atomic E-state index is 12.9. The van der Waals surface area contributed by atoms with E-state index in [2.05, 4.69) is 5.32 Å². The van der Waals surface area contributed by atoms with E-state index in [1.165, 1.54) is 12.1 Å². The van der Waals surface area contributed by atoms with Crippen LogP contribution in [0.15, 0.2) is 48.5 Å². The van der Waals surface area contributed by atoms with Gasteiger partial charge in [-0.25, -0.2) is 0 Å². The van der Waals surface area contributed by atoms with E-state index in [0.29, 0.717) is 43.3 Å². The number of anilines is 2. The number of nitrogens with one attached hydrogen (secondary N) is 1. The number of para-hydroxylation sites is 2. The molecule has 3 rings (SSSR count). The summed E-state index contributed by atoms with van der Waals surface area (Å²) in [5.74, 6) is 0.435. The Hall–Kier alpha value is -2.74. The third-order valence-electron chi connectivity index (χ3n) is 5.14. The molecule has 0 aliphatic carbocycles. The average Bonchev–Trinajstić information content (AvgIpc) is 2.73. The largest absolute Gasteiger partial charge is 0.495 e. The molecular weight excluding hydrogens is 383 g/mol. The van der Waals surface area contributed by atoms with E-state index in [1.54, 1.807) is 25.3 Å². The van der Waals surface area contributed by atoms with Crippen LogP contribution in [-0.2, 0) is 11.0 Å². The van der Waals surface area contributed by atoms with Crippen LogP contribution in [0, 0.1) is 0 Å². The third-order valence-corrected chi connectivity index (χ3v) is 5.14. The highest BCUT2D eigenvalue weighted by Gasteiger charge is 2.31. The lowest BCUT2D eigenvalue weighted by molar-refractivity contribution is -0.137. The molecule has 0 aromatic heterocycles. The first-order valence-corrected chi connectivity index (χ1v) is 9.39. The van der Waals surface area contributed by atoms with Gasteiger partial charge >= 0.3 is 6.18 Å². The maximum Gasteiger partial charge on any atom is 0.416 e. The zero-order chi connectivity index (χ0) is 21.0. The molecule has 1 amide bonds. The number of carbonyl (C=O) groups excluding carboxylic acids is 1. The van der Waals surface area contributed by atoms with E-state index in [9.17, 15) is 18.0 Å². The second-order valence-corrected chi connectivity index (χ2v) is 6.94. The Balaban J connectivity index is 1.59. The number of methoxy groups -OCH3 is 1. The molecule has 1 aliphatic heterocycles. The van der Waals surface area contributed by atoms with Crippen LogP contribution in [0.4, 0.5) is 24.5 Å². The number of alkyl halides is 3. The molecule has 0 spiro atoms. The van der Waals surface area contributed by atoms with Gasteiger partial charge in [0.15, 0.2) is 0 Å². The van der Waals surface area contributed by atoms with Crippen molar-refractivity contribution >= 4 is 17.3 Å². The fourth-order valence-corrected chi connectivity index (χ4v) is 3.40. The number of amides is 1. The minimum atomic E-state index is -4.36. The van der Waals surface area contributed by atoms with Gasteiger partial charge in [0.2, 0.25) is 5.91 Å². The Morgan fingerprint density at radius 1 is 1.07 bits per heavy atom. The number of rotatable bonds is 5. The average molecular weight is 407 g/mol. The topological polar surface area (TPSA) is 44.8 Å². The molecule has 1 unspecified atom stereocenters. The summed E-state index contributed by atoms with van der Waals surface area (Å²) in [4.78, 5) is 16.6. The van der Waals surface area contributed by atoms with Crippen molar-refractivity contribution in [3.05, 3.63) is 54.1 Å². The highest BCUT2D eigenvalue weighted by molar-refractivity contribution is 5.95. The number of nitrogens with zero attached hydrogens (tertiary/aromatic N) is 2. The van der Waals surface area contributed by atoms with Gasteiger partial charge in [0.05, 0.1) is 24.4 Å².